The summed E-state index contributed by atoms with van der Waals surface area (Å²) in [6.45, 7) is 2.66. The van der Waals surface area contributed by atoms with Crippen molar-refractivity contribution in [2.24, 2.45) is 22.4 Å². The molecule has 164 valence electrons. The largest absolute Gasteiger partial charge is 0.370 e. The molecule has 0 spiro atoms. The van der Waals surface area contributed by atoms with Gasteiger partial charge in [0.25, 0.3) is 5.91 Å². The molecule has 6 N–H and O–H groups in total. The lowest BCUT2D eigenvalue weighted by Crippen LogP contribution is -2.38. The molecule has 0 aliphatic heterocycles. The Bertz CT molecular complexity index is 1020. The molecule has 3 rings (SSSR count). The molecular weight excluding hydrogens is 397 g/mol. The van der Waals surface area contributed by atoms with Crippen LogP contribution in [0.5, 0.6) is 0 Å². The molecule has 7 nitrogen and oxygen atoms in total. The molecule has 0 unspecified atom stereocenters. The van der Waals surface area contributed by atoms with E-state index < -0.39 is 17.5 Å². The topological polar surface area (TPSA) is 123 Å². The van der Waals surface area contributed by atoms with Crippen molar-refractivity contribution >= 4 is 17.6 Å². The van der Waals surface area contributed by atoms with Crippen LogP contribution in [-0.2, 0) is 29.0 Å². The maximum absolute atomic E-state index is 13.8. The van der Waals surface area contributed by atoms with Gasteiger partial charge in [-0.1, -0.05) is 30.3 Å². The van der Waals surface area contributed by atoms with E-state index in [2.05, 4.69) is 15.6 Å². The van der Waals surface area contributed by atoms with Crippen LogP contribution in [0.1, 0.15) is 33.9 Å². The van der Waals surface area contributed by atoms with Crippen LogP contribution in [0.2, 0.25) is 0 Å². The Labute approximate surface area is 181 Å². The molecule has 31 heavy (non-hydrogen) atoms. The van der Waals surface area contributed by atoms with Gasteiger partial charge < -0.3 is 22.1 Å². The number of hydrogen-bond donors (Lipinski definition) is 4. The average Bonchev–Trinajstić information content (AvgIpc) is 3.06. The van der Waals surface area contributed by atoms with E-state index in [9.17, 15) is 14.0 Å². The summed E-state index contributed by atoms with van der Waals surface area (Å²) in [5.74, 6) is -1.81. The highest BCUT2D eigenvalue weighted by Gasteiger charge is 2.34. The van der Waals surface area contributed by atoms with E-state index in [4.69, 9.17) is 11.5 Å². The van der Waals surface area contributed by atoms with Crippen LogP contribution in [0.4, 0.5) is 4.39 Å². The number of nitrogens with zero attached hydrogens (tertiary/aromatic N) is 1. The zero-order valence-corrected chi connectivity index (χ0v) is 17.7. The summed E-state index contributed by atoms with van der Waals surface area (Å²) in [5, 5.41) is 5.98. The fraction of sp³-hybridized carbons (Fsp3) is 0.348. The minimum absolute atomic E-state index is 0.0191. The second kappa shape index (κ2) is 9.70. The Morgan fingerprint density at radius 3 is 2.58 bits per heavy atom. The van der Waals surface area contributed by atoms with Crippen molar-refractivity contribution in [3.8, 4) is 0 Å². The molecule has 1 aliphatic carbocycles. The van der Waals surface area contributed by atoms with Crippen LogP contribution in [0.25, 0.3) is 0 Å². The molecule has 0 aromatic heterocycles. The summed E-state index contributed by atoms with van der Waals surface area (Å²) in [5.41, 5.74) is 15.1. The lowest BCUT2D eigenvalue weighted by atomic mass is 9.99. The number of ketones is 1. The average molecular weight is 426 g/mol. The zero-order valence-electron chi connectivity index (χ0n) is 17.7. The van der Waals surface area contributed by atoms with E-state index in [-0.39, 0.29) is 24.3 Å². The predicted octanol–water partition coefficient (Wildman–Crippen LogP) is 1.27. The van der Waals surface area contributed by atoms with Crippen molar-refractivity contribution in [1.82, 2.24) is 10.6 Å². The standard InChI is InChI=1S/C23H28FN5O2/c1-13-3-4-14(8-19(13)24)9-20(30)22(31)29-21-17(12-28-23(25)26)10-16-6-5-15(11-27-2)7-18(16)21/h3-8,17,21,27H,9-12H2,1-2H3,(H,29,31)(H4,25,26,28)/t17-,21-/m1/s1. The minimum Gasteiger partial charge on any atom is -0.370 e. The van der Waals surface area contributed by atoms with Gasteiger partial charge in [-0.05, 0) is 54.3 Å². The van der Waals surface area contributed by atoms with Crippen LogP contribution in [0.15, 0.2) is 41.4 Å². The van der Waals surface area contributed by atoms with Crippen LogP contribution < -0.4 is 22.1 Å². The number of hydrogen-bond acceptors (Lipinski definition) is 4. The van der Waals surface area contributed by atoms with Gasteiger partial charge in [0, 0.05) is 25.4 Å². The van der Waals surface area contributed by atoms with Crippen molar-refractivity contribution in [2.75, 3.05) is 13.6 Å². The Hall–Kier alpha value is -3.26. The molecular formula is C23H28FN5O2. The lowest BCUT2D eigenvalue weighted by molar-refractivity contribution is -0.138. The molecule has 1 aliphatic rings. The van der Waals surface area contributed by atoms with Crippen molar-refractivity contribution in [2.45, 2.75) is 32.4 Å². The van der Waals surface area contributed by atoms with Crippen LogP contribution >= 0.6 is 0 Å². The zero-order chi connectivity index (χ0) is 22.5. The van der Waals surface area contributed by atoms with E-state index in [0.29, 0.717) is 30.6 Å². The number of halogens is 1. The van der Waals surface area contributed by atoms with Crippen LogP contribution in [0, 0.1) is 18.7 Å². The predicted molar refractivity (Wildman–Crippen MR) is 118 cm³/mol. The number of carbonyl (C=O) groups excluding carboxylic acids is 2. The number of aliphatic imine (C=N–C) groups is 1. The number of rotatable bonds is 8. The van der Waals surface area contributed by atoms with Gasteiger partial charge in [0.05, 0.1) is 6.04 Å². The number of guanidine groups is 1. The third-order valence-electron chi connectivity index (χ3n) is 5.53. The number of nitrogens with two attached hydrogens (primary N) is 2. The van der Waals surface area contributed by atoms with E-state index in [1.165, 1.54) is 6.07 Å². The summed E-state index contributed by atoms with van der Waals surface area (Å²) in [6, 6.07) is 10.3. The van der Waals surface area contributed by atoms with Gasteiger partial charge in [0.1, 0.15) is 5.82 Å². The summed E-state index contributed by atoms with van der Waals surface area (Å²) >= 11 is 0. The van der Waals surface area contributed by atoms with Gasteiger partial charge in [-0.25, -0.2) is 4.39 Å². The van der Waals surface area contributed by atoms with Crippen LogP contribution in [0.3, 0.4) is 0 Å². The highest BCUT2D eigenvalue weighted by atomic mass is 19.1. The third-order valence-corrected chi connectivity index (χ3v) is 5.53. The molecule has 0 saturated carbocycles. The van der Waals surface area contributed by atoms with Crippen molar-refractivity contribution in [1.29, 1.82) is 0 Å². The maximum Gasteiger partial charge on any atom is 0.288 e. The van der Waals surface area contributed by atoms with E-state index in [0.717, 1.165) is 16.7 Å². The highest BCUT2D eigenvalue weighted by Crippen LogP contribution is 2.37. The van der Waals surface area contributed by atoms with Gasteiger partial charge >= 0.3 is 0 Å². The fourth-order valence-corrected chi connectivity index (χ4v) is 3.91. The first-order valence-corrected chi connectivity index (χ1v) is 10.2. The number of fused-ring (bicyclic) bond motifs is 1. The molecule has 0 fully saturated rings. The Morgan fingerprint density at radius 2 is 1.90 bits per heavy atom. The second-order valence-electron chi connectivity index (χ2n) is 7.93. The molecule has 0 radical (unpaired) electrons. The van der Waals surface area contributed by atoms with Crippen molar-refractivity contribution in [3.63, 3.8) is 0 Å². The fourth-order valence-electron chi connectivity index (χ4n) is 3.91. The number of aryl methyl sites for hydroxylation is 1. The SMILES string of the molecule is CNCc1ccc2c(c1)[C@H](NC(=O)C(=O)Cc1ccc(C)c(F)c1)[C@@H](CN=C(N)N)C2. The maximum atomic E-state index is 13.8. The van der Waals surface area contributed by atoms with Gasteiger partial charge in [-0.3, -0.25) is 14.6 Å². The number of Topliss-reactive ketones (excluding diaryl/α,β-unsaturated/α-hetero) is 1. The molecule has 0 heterocycles. The number of benzene rings is 2. The summed E-state index contributed by atoms with van der Waals surface area (Å²) in [6.07, 6.45) is 0.523. The Balaban J connectivity index is 1.79. The first kappa shape index (κ1) is 22.4. The smallest absolute Gasteiger partial charge is 0.288 e. The third kappa shape index (κ3) is 5.46. The Morgan fingerprint density at radius 1 is 1.16 bits per heavy atom. The van der Waals surface area contributed by atoms with Crippen molar-refractivity contribution in [3.05, 3.63) is 70.0 Å². The summed E-state index contributed by atoms with van der Waals surface area (Å²) in [7, 11) is 1.86. The molecule has 0 bridgehead atoms. The molecule has 2 aromatic carbocycles. The first-order valence-electron chi connectivity index (χ1n) is 10.2. The quantitative estimate of drug-likeness (QED) is 0.288. The molecule has 0 saturated heterocycles. The molecule has 8 heteroatoms. The first-order chi connectivity index (χ1) is 14.8. The normalized spacial score (nSPS) is 17.1. The summed E-state index contributed by atoms with van der Waals surface area (Å²) < 4.78 is 13.8. The number of amides is 1. The highest BCUT2D eigenvalue weighted by molar-refractivity contribution is 6.36. The van der Waals surface area contributed by atoms with Gasteiger partial charge in [0.2, 0.25) is 5.78 Å². The number of nitrogens with one attached hydrogen (secondary N) is 2. The van der Waals surface area contributed by atoms with E-state index >= 15 is 0 Å². The Kier molecular flexibility index (Phi) is 7.02. The van der Waals surface area contributed by atoms with Gasteiger partial charge in [-0.15, -0.1) is 0 Å². The molecule has 2 aromatic rings. The second-order valence-corrected chi connectivity index (χ2v) is 7.93. The summed E-state index contributed by atoms with van der Waals surface area (Å²) in [4.78, 5) is 29.4. The molecule has 2 atom stereocenters. The number of carbonyl (C=O) groups is 2. The van der Waals surface area contributed by atoms with Crippen molar-refractivity contribution < 1.29 is 14.0 Å². The molecule has 1 amide bonds. The van der Waals surface area contributed by atoms with Gasteiger partial charge in [-0.2, -0.15) is 0 Å². The lowest BCUT2D eigenvalue weighted by Gasteiger charge is -2.21. The monoisotopic (exact) mass is 425 g/mol. The van der Waals surface area contributed by atoms with E-state index in [1.807, 2.05) is 25.2 Å². The van der Waals surface area contributed by atoms with Gasteiger partial charge in [0.15, 0.2) is 5.96 Å². The minimum atomic E-state index is -0.701. The van der Waals surface area contributed by atoms with Crippen LogP contribution in [-0.4, -0.2) is 31.2 Å². The van der Waals surface area contributed by atoms with E-state index in [1.54, 1.807) is 19.1 Å².